The van der Waals surface area contributed by atoms with Crippen molar-refractivity contribution in [1.29, 1.82) is 0 Å². The van der Waals surface area contributed by atoms with Crippen molar-refractivity contribution >= 4 is 12.1 Å². The number of hydrogen-bond acceptors (Lipinski definition) is 5. The summed E-state index contributed by atoms with van der Waals surface area (Å²) in [5, 5.41) is 0. The number of carbonyl (C=O) groups excluding carboxylic acids is 2. The molecule has 0 atom stereocenters. The molecule has 1 fully saturated rings. The second kappa shape index (κ2) is 9.89. The molecule has 1 saturated heterocycles. The molecule has 1 aliphatic heterocycles. The number of piperidine rings is 1. The molecule has 0 radical (unpaired) electrons. The summed E-state index contributed by atoms with van der Waals surface area (Å²) >= 11 is 0. The molecule has 29 heavy (non-hydrogen) atoms. The Morgan fingerprint density at radius 3 is 2.38 bits per heavy atom. The monoisotopic (exact) mass is 413 g/mol. The molecular weight excluding hydrogens is 384 g/mol. The van der Waals surface area contributed by atoms with Crippen LogP contribution in [0.25, 0.3) is 0 Å². The van der Waals surface area contributed by atoms with E-state index in [0.29, 0.717) is 32.4 Å². The maximum atomic E-state index is 14.3. The van der Waals surface area contributed by atoms with E-state index in [1.165, 1.54) is 0 Å². The van der Waals surface area contributed by atoms with Crippen molar-refractivity contribution in [3.05, 3.63) is 29.3 Å². The maximum Gasteiger partial charge on any atom is 0.410 e. The van der Waals surface area contributed by atoms with Gasteiger partial charge >= 0.3 is 12.1 Å². The van der Waals surface area contributed by atoms with Gasteiger partial charge in [0.2, 0.25) is 0 Å². The zero-order chi connectivity index (χ0) is 21.6. The molecule has 1 amide bonds. The van der Waals surface area contributed by atoms with Crippen molar-refractivity contribution in [3.8, 4) is 5.75 Å². The Bertz CT molecular complexity index is 725. The lowest BCUT2D eigenvalue weighted by Gasteiger charge is -2.33. The third-order valence-corrected chi connectivity index (χ3v) is 4.36. The smallest absolute Gasteiger partial charge is 0.410 e. The zero-order valence-electron chi connectivity index (χ0n) is 17.4. The average Bonchev–Trinajstić information content (AvgIpc) is 2.63. The molecule has 6 nitrogen and oxygen atoms in total. The van der Waals surface area contributed by atoms with Gasteiger partial charge in [0.05, 0.1) is 12.2 Å². The highest BCUT2D eigenvalue weighted by Gasteiger charge is 2.28. The van der Waals surface area contributed by atoms with Crippen LogP contribution in [-0.2, 0) is 9.47 Å². The molecular formula is C21H29F2NO5. The van der Waals surface area contributed by atoms with Crippen LogP contribution in [0, 0.1) is 11.6 Å². The molecule has 8 heteroatoms. The van der Waals surface area contributed by atoms with Gasteiger partial charge in [-0.15, -0.1) is 0 Å². The summed E-state index contributed by atoms with van der Waals surface area (Å²) in [6.45, 7) is 8.25. The number of benzene rings is 1. The number of rotatable bonds is 6. The number of ether oxygens (including phenoxy) is 3. The first-order valence-corrected chi connectivity index (χ1v) is 9.91. The summed E-state index contributed by atoms with van der Waals surface area (Å²) < 4.78 is 44.4. The van der Waals surface area contributed by atoms with E-state index in [4.69, 9.17) is 14.2 Å². The molecule has 1 aromatic carbocycles. The fraction of sp³-hybridized carbons (Fsp3) is 0.619. The lowest BCUT2D eigenvalue weighted by Crippen LogP contribution is -2.44. The highest BCUT2D eigenvalue weighted by molar-refractivity contribution is 5.89. The summed E-state index contributed by atoms with van der Waals surface area (Å²) in [6.07, 6.45) is 1.62. The predicted molar refractivity (Wildman–Crippen MR) is 103 cm³/mol. The number of amides is 1. The Hall–Kier alpha value is -2.38. The van der Waals surface area contributed by atoms with E-state index in [1.54, 1.807) is 25.7 Å². The maximum absolute atomic E-state index is 14.3. The Kier molecular flexibility index (Phi) is 7.81. The summed E-state index contributed by atoms with van der Waals surface area (Å²) in [7, 11) is 0. The average molecular weight is 413 g/mol. The van der Waals surface area contributed by atoms with Gasteiger partial charge in [-0.3, -0.25) is 0 Å². The fourth-order valence-corrected chi connectivity index (χ4v) is 2.82. The Morgan fingerprint density at radius 2 is 1.79 bits per heavy atom. The van der Waals surface area contributed by atoms with E-state index in [2.05, 4.69) is 0 Å². The van der Waals surface area contributed by atoms with Crippen LogP contribution in [0.15, 0.2) is 12.1 Å². The van der Waals surface area contributed by atoms with Gasteiger partial charge in [-0.05, 0) is 33.3 Å². The van der Waals surface area contributed by atoms with Crippen molar-refractivity contribution in [3.63, 3.8) is 0 Å². The number of hydrogen-bond donors (Lipinski definition) is 0. The number of nitrogens with zero attached hydrogens (tertiary/aromatic N) is 1. The molecule has 0 unspecified atom stereocenters. The van der Waals surface area contributed by atoms with E-state index in [1.807, 2.05) is 6.92 Å². The Morgan fingerprint density at radius 1 is 1.14 bits per heavy atom. The summed E-state index contributed by atoms with van der Waals surface area (Å²) in [4.78, 5) is 25.5. The first-order chi connectivity index (χ1) is 13.6. The SMILES string of the molecule is CCCCOC(=O)c1cc(F)c(OC2CCN(C(=O)OC(C)(C)C)CC2)cc1F. The van der Waals surface area contributed by atoms with E-state index in [9.17, 15) is 18.4 Å². The standard InChI is InChI=1S/C21H29F2NO5/c1-5-6-11-27-19(25)15-12-17(23)18(13-16(15)22)28-14-7-9-24(10-8-14)20(26)29-21(2,3)4/h12-14H,5-11H2,1-4H3. The van der Waals surface area contributed by atoms with Crippen LogP contribution >= 0.6 is 0 Å². The quantitative estimate of drug-likeness (QED) is 0.500. The second-order valence-corrected chi connectivity index (χ2v) is 8.04. The van der Waals surface area contributed by atoms with E-state index < -0.39 is 34.9 Å². The molecule has 1 aromatic rings. The van der Waals surface area contributed by atoms with Crippen LogP contribution in [0.4, 0.5) is 13.6 Å². The van der Waals surface area contributed by atoms with E-state index >= 15 is 0 Å². The van der Waals surface area contributed by atoms with Crippen LogP contribution in [0.1, 0.15) is 63.7 Å². The van der Waals surface area contributed by atoms with Crippen LogP contribution in [0.5, 0.6) is 5.75 Å². The van der Waals surface area contributed by atoms with Crippen molar-refractivity contribution in [2.75, 3.05) is 19.7 Å². The number of carbonyl (C=O) groups is 2. The van der Waals surface area contributed by atoms with Gasteiger partial charge in [0, 0.05) is 32.0 Å². The first-order valence-electron chi connectivity index (χ1n) is 9.91. The van der Waals surface area contributed by atoms with E-state index in [-0.39, 0.29) is 18.5 Å². The van der Waals surface area contributed by atoms with Gasteiger partial charge in [-0.2, -0.15) is 0 Å². The highest BCUT2D eigenvalue weighted by atomic mass is 19.1. The van der Waals surface area contributed by atoms with Crippen molar-refractivity contribution in [2.45, 2.75) is 65.1 Å². The van der Waals surface area contributed by atoms with Gasteiger partial charge in [-0.1, -0.05) is 13.3 Å². The molecule has 2 rings (SSSR count). The summed E-state index contributed by atoms with van der Waals surface area (Å²) in [5.74, 6) is -2.88. The van der Waals surface area contributed by atoms with Crippen molar-refractivity contribution in [1.82, 2.24) is 4.90 Å². The number of halogens is 2. The zero-order valence-corrected chi connectivity index (χ0v) is 17.4. The van der Waals surface area contributed by atoms with Crippen LogP contribution in [0.2, 0.25) is 0 Å². The summed E-state index contributed by atoms with van der Waals surface area (Å²) in [5.41, 5.74) is -1.03. The molecule has 0 aromatic heterocycles. The van der Waals surface area contributed by atoms with Crippen LogP contribution in [-0.4, -0.2) is 48.4 Å². The van der Waals surface area contributed by atoms with Crippen molar-refractivity contribution < 1.29 is 32.6 Å². The lowest BCUT2D eigenvalue weighted by atomic mass is 10.1. The molecule has 0 saturated carbocycles. The third-order valence-electron chi connectivity index (χ3n) is 4.36. The normalized spacial score (nSPS) is 15.2. The first kappa shape index (κ1) is 22.9. The van der Waals surface area contributed by atoms with Crippen LogP contribution < -0.4 is 4.74 Å². The third kappa shape index (κ3) is 6.87. The molecule has 162 valence electrons. The van der Waals surface area contributed by atoms with Gasteiger partial charge in [0.15, 0.2) is 11.6 Å². The molecule has 1 aliphatic rings. The molecule has 0 bridgehead atoms. The minimum absolute atomic E-state index is 0.158. The highest BCUT2D eigenvalue weighted by Crippen LogP contribution is 2.26. The minimum atomic E-state index is -0.896. The van der Waals surface area contributed by atoms with Crippen molar-refractivity contribution in [2.24, 2.45) is 0 Å². The van der Waals surface area contributed by atoms with Crippen LogP contribution in [0.3, 0.4) is 0 Å². The second-order valence-electron chi connectivity index (χ2n) is 8.04. The van der Waals surface area contributed by atoms with Gasteiger partial charge in [0.25, 0.3) is 0 Å². The molecule has 0 aliphatic carbocycles. The number of likely N-dealkylation sites (tertiary alicyclic amines) is 1. The van der Waals surface area contributed by atoms with Gasteiger partial charge in [0.1, 0.15) is 17.5 Å². The summed E-state index contributed by atoms with van der Waals surface area (Å²) in [6, 6.07) is 1.67. The number of esters is 1. The Labute approximate surface area is 170 Å². The fourth-order valence-electron chi connectivity index (χ4n) is 2.82. The van der Waals surface area contributed by atoms with Gasteiger partial charge < -0.3 is 19.1 Å². The molecule has 1 heterocycles. The van der Waals surface area contributed by atoms with E-state index in [0.717, 1.165) is 18.6 Å². The topological polar surface area (TPSA) is 65.1 Å². The van der Waals surface area contributed by atoms with Gasteiger partial charge in [-0.25, -0.2) is 18.4 Å². The molecule has 0 N–H and O–H groups in total. The Balaban J connectivity index is 1.93. The number of unbranched alkanes of at least 4 members (excludes halogenated alkanes) is 1. The lowest BCUT2D eigenvalue weighted by molar-refractivity contribution is 0.0123. The predicted octanol–water partition coefficient (Wildman–Crippen LogP) is 4.70. The minimum Gasteiger partial charge on any atom is -0.487 e. The molecule has 0 spiro atoms. The largest absolute Gasteiger partial charge is 0.487 e.